The molecule has 0 bridgehead atoms. The van der Waals surface area contributed by atoms with Crippen molar-refractivity contribution in [1.29, 1.82) is 0 Å². The molecule has 1 aromatic heterocycles. The molecule has 0 aliphatic heterocycles. The smallest absolute Gasteiger partial charge is 0.407 e. The number of rotatable bonds is 7. The molecule has 1 heterocycles. The fourth-order valence-electron chi connectivity index (χ4n) is 3.77. The Bertz CT molecular complexity index is 1130. The number of hydrogen-bond acceptors (Lipinski definition) is 7. The number of amides is 1. The van der Waals surface area contributed by atoms with Crippen LogP contribution in [0.5, 0.6) is 0 Å². The van der Waals surface area contributed by atoms with Crippen molar-refractivity contribution < 1.29 is 19.1 Å². The van der Waals surface area contributed by atoms with Gasteiger partial charge in [-0.25, -0.2) is 14.6 Å². The van der Waals surface area contributed by atoms with Gasteiger partial charge in [-0.05, 0) is 35.3 Å². The van der Waals surface area contributed by atoms with Crippen molar-refractivity contribution in [2.24, 2.45) is 0 Å². The highest BCUT2D eigenvalue weighted by Crippen LogP contribution is 2.44. The van der Waals surface area contributed by atoms with Gasteiger partial charge in [-0.3, -0.25) is 0 Å². The number of carbonyl (C=O) groups excluding carboxylic acids is 2. The van der Waals surface area contributed by atoms with E-state index in [1.165, 1.54) is 22.5 Å². The van der Waals surface area contributed by atoms with Gasteiger partial charge < -0.3 is 20.5 Å². The van der Waals surface area contributed by atoms with E-state index in [0.717, 1.165) is 11.1 Å². The lowest BCUT2D eigenvalue weighted by Gasteiger charge is -2.14. The van der Waals surface area contributed by atoms with Crippen LogP contribution in [0.1, 0.15) is 39.3 Å². The second-order valence-corrected chi connectivity index (χ2v) is 8.16. The van der Waals surface area contributed by atoms with Crippen LogP contribution in [0.25, 0.3) is 17.2 Å². The van der Waals surface area contributed by atoms with Crippen LogP contribution >= 0.6 is 11.3 Å². The van der Waals surface area contributed by atoms with Crippen molar-refractivity contribution in [3.05, 3.63) is 76.3 Å². The average molecular weight is 450 g/mol. The van der Waals surface area contributed by atoms with E-state index in [2.05, 4.69) is 34.6 Å². The number of aromatic nitrogens is 1. The summed E-state index contributed by atoms with van der Waals surface area (Å²) >= 11 is 1.18. The maximum Gasteiger partial charge on any atom is 0.407 e. The van der Waals surface area contributed by atoms with Crippen LogP contribution < -0.4 is 11.1 Å². The SMILES string of the molecule is CCOC(=O)c1nc(N)sc1C=CCNC(=O)OCC1c2ccccc2-c2ccccc21. The molecule has 1 amide bonds. The number of nitrogens with two attached hydrogens (primary N) is 1. The predicted molar refractivity (Wildman–Crippen MR) is 125 cm³/mol. The van der Waals surface area contributed by atoms with Crippen molar-refractivity contribution in [3.8, 4) is 11.1 Å². The third kappa shape index (κ3) is 4.50. The predicted octanol–water partition coefficient (Wildman–Crippen LogP) is 4.45. The molecule has 0 unspecified atom stereocenters. The largest absolute Gasteiger partial charge is 0.461 e. The Balaban J connectivity index is 1.33. The number of ether oxygens (including phenoxy) is 2. The van der Waals surface area contributed by atoms with Gasteiger partial charge in [0.15, 0.2) is 10.8 Å². The van der Waals surface area contributed by atoms with E-state index in [1.54, 1.807) is 19.1 Å². The summed E-state index contributed by atoms with van der Waals surface area (Å²) in [5, 5.41) is 2.97. The van der Waals surface area contributed by atoms with E-state index < -0.39 is 12.1 Å². The van der Waals surface area contributed by atoms with Crippen molar-refractivity contribution in [2.45, 2.75) is 12.8 Å². The van der Waals surface area contributed by atoms with Gasteiger partial charge in [-0.1, -0.05) is 65.9 Å². The zero-order chi connectivity index (χ0) is 22.5. The highest BCUT2D eigenvalue weighted by molar-refractivity contribution is 7.16. The Hall–Kier alpha value is -3.65. The molecule has 3 aromatic rings. The fourth-order valence-corrected chi connectivity index (χ4v) is 4.52. The first-order valence-corrected chi connectivity index (χ1v) is 11.1. The van der Waals surface area contributed by atoms with Crippen molar-refractivity contribution >= 4 is 34.6 Å². The normalized spacial score (nSPS) is 12.4. The molecule has 32 heavy (non-hydrogen) atoms. The van der Waals surface area contributed by atoms with Gasteiger partial charge in [-0.2, -0.15) is 0 Å². The lowest BCUT2D eigenvalue weighted by Crippen LogP contribution is -2.26. The molecule has 0 spiro atoms. The number of benzene rings is 2. The van der Waals surface area contributed by atoms with Crippen LogP contribution in [0.2, 0.25) is 0 Å². The zero-order valence-corrected chi connectivity index (χ0v) is 18.4. The number of anilines is 1. The molecule has 0 fully saturated rings. The number of alkyl carbamates (subject to hydrolysis) is 1. The van der Waals surface area contributed by atoms with Gasteiger partial charge in [0.05, 0.1) is 11.5 Å². The Morgan fingerprint density at radius 1 is 1.09 bits per heavy atom. The van der Waals surface area contributed by atoms with Crippen molar-refractivity contribution in [1.82, 2.24) is 10.3 Å². The molecule has 0 saturated heterocycles. The van der Waals surface area contributed by atoms with Crippen LogP contribution in [0, 0.1) is 0 Å². The number of fused-ring (bicyclic) bond motifs is 3. The van der Waals surface area contributed by atoms with Gasteiger partial charge in [0.25, 0.3) is 0 Å². The first kappa shape index (κ1) is 21.6. The van der Waals surface area contributed by atoms with Gasteiger partial charge in [0, 0.05) is 12.5 Å². The van der Waals surface area contributed by atoms with E-state index >= 15 is 0 Å². The first-order valence-electron chi connectivity index (χ1n) is 10.3. The number of nitrogens with one attached hydrogen (secondary N) is 1. The maximum absolute atomic E-state index is 12.2. The van der Waals surface area contributed by atoms with Gasteiger partial charge in [-0.15, -0.1) is 0 Å². The molecule has 1 aliphatic carbocycles. The Morgan fingerprint density at radius 2 is 1.75 bits per heavy atom. The van der Waals surface area contributed by atoms with Gasteiger partial charge in [0.1, 0.15) is 6.61 Å². The van der Waals surface area contributed by atoms with E-state index in [-0.39, 0.29) is 36.5 Å². The first-order chi connectivity index (χ1) is 15.6. The van der Waals surface area contributed by atoms with E-state index in [1.807, 2.05) is 24.3 Å². The van der Waals surface area contributed by atoms with Crippen molar-refractivity contribution in [2.75, 3.05) is 25.5 Å². The molecule has 0 saturated carbocycles. The molecule has 3 N–H and O–H groups in total. The summed E-state index contributed by atoms with van der Waals surface area (Å²) in [5.74, 6) is -0.513. The summed E-state index contributed by atoms with van der Waals surface area (Å²) < 4.78 is 10.5. The molecule has 7 nitrogen and oxygen atoms in total. The summed E-state index contributed by atoms with van der Waals surface area (Å²) in [7, 11) is 0. The standard InChI is InChI=1S/C24H23N3O4S/c1-2-30-22(28)21-20(32-23(25)27-21)12-7-13-26-24(29)31-14-19-17-10-5-3-8-15(17)16-9-4-6-11-18(16)19/h3-12,19H,2,13-14H2,1H3,(H2,25,27)(H,26,29). The highest BCUT2D eigenvalue weighted by atomic mass is 32.1. The lowest BCUT2D eigenvalue weighted by atomic mass is 9.98. The number of nitrogen functional groups attached to an aromatic ring is 1. The molecule has 4 rings (SSSR count). The zero-order valence-electron chi connectivity index (χ0n) is 17.5. The summed E-state index contributed by atoms with van der Waals surface area (Å²) in [6.07, 6.45) is 2.88. The number of esters is 1. The van der Waals surface area contributed by atoms with Gasteiger partial charge in [0.2, 0.25) is 0 Å². The fraction of sp³-hybridized carbons (Fsp3) is 0.208. The molecule has 1 aliphatic rings. The number of thiazole rings is 1. The van der Waals surface area contributed by atoms with Gasteiger partial charge >= 0.3 is 12.1 Å². The number of carbonyl (C=O) groups is 2. The van der Waals surface area contributed by atoms with Crippen LogP contribution in [-0.2, 0) is 9.47 Å². The molecule has 0 radical (unpaired) electrons. The summed E-state index contributed by atoms with van der Waals surface area (Å²) in [6, 6.07) is 16.4. The number of hydrogen-bond donors (Lipinski definition) is 2. The second kappa shape index (κ2) is 9.65. The molecule has 8 heteroatoms. The topological polar surface area (TPSA) is 104 Å². The van der Waals surface area contributed by atoms with E-state index in [0.29, 0.717) is 4.88 Å². The minimum Gasteiger partial charge on any atom is -0.461 e. The highest BCUT2D eigenvalue weighted by Gasteiger charge is 2.28. The Labute approximate surface area is 189 Å². The quantitative estimate of drug-likeness (QED) is 0.517. The summed E-state index contributed by atoms with van der Waals surface area (Å²) in [4.78, 5) is 28.8. The molecule has 0 atom stereocenters. The van der Waals surface area contributed by atoms with Crippen molar-refractivity contribution in [3.63, 3.8) is 0 Å². The molecular formula is C24H23N3O4S. The lowest BCUT2D eigenvalue weighted by molar-refractivity contribution is 0.0520. The van der Waals surface area contributed by atoms with Crippen LogP contribution in [-0.4, -0.2) is 36.8 Å². The summed E-state index contributed by atoms with van der Waals surface area (Å²) in [6.45, 7) is 2.46. The monoisotopic (exact) mass is 449 g/mol. The van der Waals surface area contributed by atoms with Crippen LogP contribution in [0.15, 0.2) is 54.6 Å². The molecule has 164 valence electrons. The molecular weight excluding hydrogens is 426 g/mol. The third-order valence-corrected chi connectivity index (χ3v) is 5.97. The van der Waals surface area contributed by atoms with E-state index in [9.17, 15) is 9.59 Å². The average Bonchev–Trinajstić information content (AvgIpc) is 3.33. The minimum absolute atomic E-state index is 0.0102. The molecule has 2 aromatic carbocycles. The number of nitrogens with zero attached hydrogens (tertiary/aromatic N) is 1. The van der Waals surface area contributed by atoms with Crippen LogP contribution in [0.4, 0.5) is 9.93 Å². The Kier molecular flexibility index (Phi) is 6.51. The van der Waals surface area contributed by atoms with Crippen LogP contribution in [0.3, 0.4) is 0 Å². The summed E-state index contributed by atoms with van der Waals surface area (Å²) in [5.41, 5.74) is 10.6. The Morgan fingerprint density at radius 3 is 2.41 bits per heavy atom. The third-order valence-electron chi connectivity index (χ3n) is 5.12. The maximum atomic E-state index is 12.2. The second-order valence-electron chi connectivity index (χ2n) is 7.09. The minimum atomic E-state index is -0.524. The van der Waals surface area contributed by atoms with E-state index in [4.69, 9.17) is 15.2 Å².